The van der Waals surface area contributed by atoms with E-state index in [1.165, 1.54) is 20.3 Å². The summed E-state index contributed by atoms with van der Waals surface area (Å²) in [5.41, 5.74) is 0.189. The minimum atomic E-state index is -1.90. The third-order valence-electron chi connectivity index (χ3n) is 8.40. The molecule has 10 atom stereocenters. The van der Waals surface area contributed by atoms with E-state index in [4.69, 9.17) is 33.2 Å². The number of hydrogen-bond acceptors (Lipinski definition) is 15. The Morgan fingerprint density at radius 3 is 2.37 bits per heavy atom. The number of ether oxygens (including phenoxy) is 7. The Morgan fingerprint density at radius 2 is 1.70 bits per heavy atom. The van der Waals surface area contributed by atoms with Crippen molar-refractivity contribution in [2.45, 2.75) is 60.7 Å². The molecule has 2 aromatic carbocycles. The van der Waals surface area contributed by atoms with E-state index in [0.717, 1.165) is 0 Å². The molecule has 15 heteroatoms. The van der Waals surface area contributed by atoms with Crippen LogP contribution in [0.2, 0.25) is 0 Å². The molecule has 0 saturated carbocycles. The van der Waals surface area contributed by atoms with Crippen LogP contribution in [0.1, 0.15) is 28.7 Å². The maximum atomic E-state index is 10.4. The predicted octanol–water partition coefficient (Wildman–Crippen LogP) is -1.09. The third-order valence-corrected chi connectivity index (χ3v) is 8.40. The summed E-state index contributed by atoms with van der Waals surface area (Å²) in [5.74, 6) is 0.710. The monoisotopic (exact) mass is 652 g/mol. The summed E-state index contributed by atoms with van der Waals surface area (Å²) in [7, 11) is 2.94. The van der Waals surface area contributed by atoms with Gasteiger partial charge in [0, 0.05) is 5.56 Å². The average molecular weight is 653 g/mol. The Morgan fingerprint density at radius 1 is 0.935 bits per heavy atom. The van der Waals surface area contributed by atoms with Gasteiger partial charge in [0.15, 0.2) is 35.6 Å². The van der Waals surface area contributed by atoms with Gasteiger partial charge in [-0.1, -0.05) is 18.2 Å². The van der Waals surface area contributed by atoms with Crippen LogP contribution in [0.4, 0.5) is 0 Å². The predicted molar refractivity (Wildman–Crippen MR) is 156 cm³/mol. The zero-order chi connectivity index (χ0) is 33.2. The second-order valence-corrected chi connectivity index (χ2v) is 11.4. The first-order valence-corrected chi connectivity index (χ1v) is 14.6. The molecule has 3 heterocycles. The van der Waals surface area contributed by atoms with Gasteiger partial charge in [-0.15, -0.1) is 0 Å². The van der Waals surface area contributed by atoms with Gasteiger partial charge in [0.1, 0.15) is 42.2 Å². The number of aromatic hydroxyl groups is 1. The lowest BCUT2D eigenvalue weighted by atomic mass is 9.90. The molecule has 2 aromatic rings. The van der Waals surface area contributed by atoms with Crippen molar-refractivity contribution in [3.63, 3.8) is 0 Å². The Labute approximate surface area is 264 Å². The summed E-state index contributed by atoms with van der Waals surface area (Å²) in [6.45, 7) is -1.84. The molecule has 8 N–H and O–H groups in total. The highest BCUT2D eigenvalue weighted by atomic mass is 16.7. The first kappa shape index (κ1) is 34.3. The fourth-order valence-corrected chi connectivity index (χ4v) is 5.68. The maximum absolute atomic E-state index is 10.4. The van der Waals surface area contributed by atoms with Gasteiger partial charge in [0.25, 0.3) is 0 Å². The van der Waals surface area contributed by atoms with Crippen molar-refractivity contribution in [1.29, 1.82) is 0 Å². The molecule has 254 valence electrons. The molecule has 0 spiro atoms. The number of rotatable bonds is 12. The van der Waals surface area contributed by atoms with Crippen molar-refractivity contribution in [2.75, 3.05) is 47.3 Å². The second-order valence-electron chi connectivity index (χ2n) is 11.4. The molecular weight excluding hydrogens is 612 g/mol. The van der Waals surface area contributed by atoms with E-state index in [0.29, 0.717) is 28.2 Å². The molecular formula is C31H40O15. The second kappa shape index (κ2) is 14.4. The van der Waals surface area contributed by atoms with Gasteiger partial charge >= 0.3 is 0 Å². The largest absolute Gasteiger partial charge is 0.504 e. The highest BCUT2D eigenvalue weighted by molar-refractivity contribution is 5.62. The normalized spacial score (nSPS) is 34.1. The van der Waals surface area contributed by atoms with Crippen LogP contribution >= 0.6 is 0 Å². The lowest BCUT2D eigenvalue weighted by Crippen LogP contribution is -2.59. The Balaban J connectivity index is 1.23. The van der Waals surface area contributed by atoms with Crippen molar-refractivity contribution >= 4 is 6.08 Å². The number of aliphatic hydroxyl groups excluding tert-OH is 6. The fraction of sp³-hybridized carbons (Fsp3) is 0.548. The number of phenolic OH excluding ortho intramolecular Hbond substituents is 1. The molecule has 5 rings (SSSR count). The van der Waals surface area contributed by atoms with Gasteiger partial charge in [-0.25, -0.2) is 0 Å². The van der Waals surface area contributed by atoms with E-state index in [1.54, 1.807) is 30.4 Å². The fourth-order valence-electron chi connectivity index (χ4n) is 5.68. The smallest absolute Gasteiger partial charge is 0.187 e. The van der Waals surface area contributed by atoms with E-state index in [2.05, 4.69) is 0 Å². The van der Waals surface area contributed by atoms with Crippen LogP contribution in [0, 0.1) is 0 Å². The van der Waals surface area contributed by atoms with Gasteiger partial charge in [0.2, 0.25) is 0 Å². The van der Waals surface area contributed by atoms with Crippen molar-refractivity contribution in [3.05, 3.63) is 53.1 Å². The van der Waals surface area contributed by atoms with Crippen molar-refractivity contribution < 1.29 is 74.0 Å². The van der Waals surface area contributed by atoms with Crippen molar-refractivity contribution in [1.82, 2.24) is 0 Å². The first-order valence-electron chi connectivity index (χ1n) is 14.6. The van der Waals surface area contributed by atoms with Gasteiger partial charge in [-0.3, -0.25) is 0 Å². The number of phenols is 1. The van der Waals surface area contributed by atoms with E-state index >= 15 is 0 Å². The summed E-state index contributed by atoms with van der Waals surface area (Å²) in [6.07, 6.45) is -7.45. The maximum Gasteiger partial charge on any atom is 0.187 e. The number of methoxy groups -OCH3 is 2. The lowest BCUT2D eigenvalue weighted by molar-refractivity contribution is -0.307. The molecule has 0 bridgehead atoms. The molecule has 15 nitrogen and oxygen atoms in total. The topological polar surface area (TPSA) is 226 Å². The summed E-state index contributed by atoms with van der Waals surface area (Å²) >= 11 is 0. The molecule has 0 unspecified atom stereocenters. The molecule has 3 aliphatic heterocycles. The standard InChI is InChI=1S/C31H40O15/c1-40-20-10-16(5-6-19(20)34)26-18(11-32)17-8-15(9-21(41-2)27(17)46-26)4-3-7-42-29-25(37)24(36)23(35)22(45-29)12-43-30-28(38)31(39,13-33)14-44-30/h3-6,8-10,18,22-26,28-30,32-39H,7,11-14H2,1-2H3/t18-,22-,23-,24+,25-,26+,28+,29-,30-,31-/m1/s1. The average Bonchev–Trinajstić information content (AvgIpc) is 3.58. The minimum absolute atomic E-state index is 0.0220. The summed E-state index contributed by atoms with van der Waals surface area (Å²) < 4.78 is 38.9. The summed E-state index contributed by atoms with van der Waals surface area (Å²) in [6, 6.07) is 8.41. The van der Waals surface area contributed by atoms with Crippen molar-refractivity contribution in [2.24, 2.45) is 0 Å². The lowest BCUT2D eigenvalue weighted by Gasteiger charge is -2.40. The Bertz CT molecular complexity index is 1370. The quantitative estimate of drug-likeness (QED) is 0.136. The highest BCUT2D eigenvalue weighted by Gasteiger charge is 2.50. The van der Waals surface area contributed by atoms with Crippen LogP contribution in [0.15, 0.2) is 36.4 Å². The zero-order valence-electron chi connectivity index (χ0n) is 25.2. The zero-order valence-corrected chi connectivity index (χ0v) is 25.2. The van der Waals surface area contributed by atoms with Crippen LogP contribution in [0.5, 0.6) is 23.0 Å². The third kappa shape index (κ3) is 6.67. The van der Waals surface area contributed by atoms with Gasteiger partial charge in [0.05, 0.1) is 53.2 Å². The van der Waals surface area contributed by atoms with E-state index in [9.17, 15) is 40.9 Å². The first-order chi connectivity index (χ1) is 22.0. The van der Waals surface area contributed by atoms with Crippen LogP contribution in [0.3, 0.4) is 0 Å². The molecule has 2 fully saturated rings. The van der Waals surface area contributed by atoms with Gasteiger partial charge in [-0.2, -0.15) is 0 Å². The molecule has 0 amide bonds. The summed E-state index contributed by atoms with van der Waals surface area (Å²) in [4.78, 5) is 0. The number of aliphatic hydroxyl groups is 7. The van der Waals surface area contributed by atoms with Crippen molar-refractivity contribution in [3.8, 4) is 23.0 Å². The number of benzene rings is 2. The van der Waals surface area contributed by atoms with E-state index < -0.39 is 73.9 Å². The highest BCUT2D eigenvalue weighted by Crippen LogP contribution is 2.51. The molecule has 2 saturated heterocycles. The molecule has 46 heavy (non-hydrogen) atoms. The van der Waals surface area contributed by atoms with Crippen LogP contribution in [0.25, 0.3) is 6.08 Å². The molecule has 0 aromatic heterocycles. The molecule has 0 aliphatic carbocycles. The number of fused-ring (bicyclic) bond motifs is 1. The minimum Gasteiger partial charge on any atom is -0.504 e. The Kier molecular flexibility index (Phi) is 10.7. The van der Waals surface area contributed by atoms with Gasteiger partial charge < -0.3 is 74.0 Å². The van der Waals surface area contributed by atoms with Crippen LogP contribution < -0.4 is 14.2 Å². The molecule has 0 radical (unpaired) electrons. The van der Waals surface area contributed by atoms with E-state index in [1.807, 2.05) is 6.07 Å². The Hall–Kier alpha value is -3.06. The van der Waals surface area contributed by atoms with Gasteiger partial charge in [-0.05, 0) is 35.4 Å². The van der Waals surface area contributed by atoms with E-state index in [-0.39, 0.29) is 31.3 Å². The number of hydrogen-bond donors (Lipinski definition) is 8. The summed E-state index contributed by atoms with van der Waals surface area (Å²) in [5, 5.41) is 81.1. The van der Waals surface area contributed by atoms with Crippen LogP contribution in [-0.2, 0) is 18.9 Å². The SMILES string of the molecule is COc1cc([C@@H]2Oc3c(OC)cc(C=CCO[C@@H]4O[C@H](CO[C@@H]5OC[C@](O)(CO)[C@H]5O)[C@@H](O)[C@H](O)[C@H]4O)cc3[C@H]2CO)ccc1O. The van der Waals surface area contributed by atoms with Crippen LogP contribution in [-0.4, -0.2) is 137 Å². The molecule has 3 aliphatic rings.